The summed E-state index contributed by atoms with van der Waals surface area (Å²) in [6, 6.07) is -0.807. The summed E-state index contributed by atoms with van der Waals surface area (Å²) < 4.78 is -0.588. The largest absolute Gasteiger partial charge is 0.480 e. The lowest BCUT2D eigenvalue weighted by molar-refractivity contribution is -0.140. The zero-order valence-corrected chi connectivity index (χ0v) is 8.09. The minimum atomic E-state index is -1.03. The third-order valence-electron chi connectivity index (χ3n) is 1.91. The highest BCUT2D eigenvalue weighted by atomic mass is 32.2. The summed E-state index contributed by atoms with van der Waals surface area (Å²) in [5, 5.41) is 19.2. The molecule has 1 aliphatic rings. The van der Waals surface area contributed by atoms with E-state index < -0.39 is 28.1 Å². The molecule has 1 heterocycles. The topological polar surface area (TPSA) is 86.6 Å². The first-order valence-corrected chi connectivity index (χ1v) is 4.62. The summed E-state index contributed by atoms with van der Waals surface area (Å²) >= 11 is 1.12. The maximum atomic E-state index is 10.7. The van der Waals surface area contributed by atoms with Gasteiger partial charge in [0.1, 0.15) is 6.04 Å². The molecule has 0 aromatic rings. The third-order valence-corrected chi connectivity index (χ3v) is 3.32. The molecule has 5 nitrogen and oxygen atoms in total. The van der Waals surface area contributed by atoms with Crippen molar-refractivity contribution in [3.63, 3.8) is 0 Å². The minimum absolute atomic E-state index is 0.588. The van der Waals surface area contributed by atoms with Crippen molar-refractivity contribution in [2.45, 2.75) is 30.0 Å². The van der Waals surface area contributed by atoms with Crippen molar-refractivity contribution in [2.24, 2.45) is 0 Å². The number of carboxylic acid groups (broad SMARTS) is 2. The summed E-state index contributed by atoms with van der Waals surface area (Å²) in [5.41, 5.74) is 0. The second kappa shape index (κ2) is 3.19. The number of aliphatic carboxylic acids is 2. The van der Waals surface area contributed by atoms with Crippen LogP contribution in [0.25, 0.3) is 0 Å². The normalized spacial score (nSPS) is 31.5. The molecule has 0 aliphatic carbocycles. The lowest BCUT2D eigenvalue weighted by Crippen LogP contribution is -2.45. The van der Waals surface area contributed by atoms with Gasteiger partial charge in [-0.15, -0.1) is 11.8 Å². The van der Waals surface area contributed by atoms with Crippen molar-refractivity contribution in [1.82, 2.24) is 5.32 Å². The van der Waals surface area contributed by atoms with Crippen LogP contribution in [0.5, 0.6) is 0 Å². The van der Waals surface area contributed by atoms with Crippen LogP contribution in [0.4, 0.5) is 0 Å². The van der Waals surface area contributed by atoms with E-state index in [9.17, 15) is 9.59 Å². The average Bonchev–Trinajstić information content (AvgIpc) is 2.25. The Hall–Kier alpha value is -0.750. The minimum Gasteiger partial charge on any atom is -0.480 e. The Morgan fingerprint density at radius 2 is 1.85 bits per heavy atom. The number of carboxylic acids is 2. The summed E-state index contributed by atoms with van der Waals surface area (Å²) in [6.45, 7) is 3.43. The summed E-state index contributed by atoms with van der Waals surface area (Å²) in [5.74, 6) is -2.04. The van der Waals surface area contributed by atoms with Crippen LogP contribution >= 0.6 is 11.8 Å². The van der Waals surface area contributed by atoms with E-state index in [-0.39, 0.29) is 0 Å². The molecule has 6 heteroatoms. The van der Waals surface area contributed by atoms with E-state index in [1.165, 1.54) is 0 Å². The molecular formula is C7H11NO4S. The number of carbonyl (C=O) groups is 2. The molecule has 2 atom stereocenters. The average molecular weight is 205 g/mol. The molecule has 0 bridgehead atoms. The molecule has 0 unspecified atom stereocenters. The van der Waals surface area contributed by atoms with Gasteiger partial charge in [-0.1, -0.05) is 0 Å². The van der Waals surface area contributed by atoms with Gasteiger partial charge in [-0.25, -0.2) is 4.79 Å². The first kappa shape index (κ1) is 10.3. The molecule has 0 spiro atoms. The van der Waals surface area contributed by atoms with E-state index in [0.717, 1.165) is 11.8 Å². The van der Waals surface area contributed by atoms with Crippen LogP contribution in [-0.4, -0.2) is 38.3 Å². The second-order valence-electron chi connectivity index (χ2n) is 3.38. The Kier molecular flexibility index (Phi) is 2.53. The molecular weight excluding hydrogens is 194 g/mol. The maximum Gasteiger partial charge on any atom is 0.331 e. The molecule has 0 aromatic carbocycles. The number of hydrogen-bond acceptors (Lipinski definition) is 4. The Labute approximate surface area is 79.5 Å². The van der Waals surface area contributed by atoms with Crippen molar-refractivity contribution >= 4 is 23.7 Å². The zero-order chi connectivity index (χ0) is 10.2. The molecule has 13 heavy (non-hydrogen) atoms. The van der Waals surface area contributed by atoms with Crippen LogP contribution in [0.2, 0.25) is 0 Å². The van der Waals surface area contributed by atoms with E-state index in [1.54, 1.807) is 13.8 Å². The van der Waals surface area contributed by atoms with Gasteiger partial charge in [-0.2, -0.15) is 0 Å². The van der Waals surface area contributed by atoms with Crippen LogP contribution in [0.15, 0.2) is 0 Å². The SMILES string of the molecule is CC1(C)S[C@@H](C(=O)O)N[C@H]1C(=O)O. The van der Waals surface area contributed by atoms with Gasteiger partial charge in [0.25, 0.3) is 0 Å². The van der Waals surface area contributed by atoms with Gasteiger partial charge in [0.2, 0.25) is 0 Å². The molecule has 74 valence electrons. The molecule has 1 rings (SSSR count). The van der Waals surface area contributed by atoms with Gasteiger partial charge < -0.3 is 10.2 Å². The van der Waals surface area contributed by atoms with Gasteiger partial charge in [0, 0.05) is 4.75 Å². The highest BCUT2D eigenvalue weighted by Gasteiger charge is 2.47. The fourth-order valence-corrected chi connectivity index (χ4v) is 2.47. The van der Waals surface area contributed by atoms with Gasteiger partial charge in [-0.3, -0.25) is 10.1 Å². The lowest BCUT2D eigenvalue weighted by Gasteiger charge is -2.20. The monoisotopic (exact) mass is 205 g/mol. The first-order chi connectivity index (χ1) is 5.84. The van der Waals surface area contributed by atoms with Gasteiger partial charge >= 0.3 is 11.9 Å². The first-order valence-electron chi connectivity index (χ1n) is 3.74. The van der Waals surface area contributed by atoms with Crippen LogP contribution in [-0.2, 0) is 9.59 Å². The molecule has 0 amide bonds. The van der Waals surface area contributed by atoms with E-state index in [4.69, 9.17) is 10.2 Å². The van der Waals surface area contributed by atoms with Crippen molar-refractivity contribution in [1.29, 1.82) is 0 Å². The number of thioether (sulfide) groups is 1. The summed E-state index contributed by atoms with van der Waals surface area (Å²) in [7, 11) is 0. The van der Waals surface area contributed by atoms with Crippen LogP contribution < -0.4 is 5.32 Å². The Morgan fingerprint density at radius 1 is 1.31 bits per heavy atom. The van der Waals surface area contributed by atoms with Crippen molar-refractivity contribution < 1.29 is 19.8 Å². The third kappa shape index (κ3) is 1.94. The highest BCUT2D eigenvalue weighted by Crippen LogP contribution is 2.37. The van der Waals surface area contributed by atoms with Crippen molar-refractivity contribution in [3.8, 4) is 0 Å². The smallest absolute Gasteiger partial charge is 0.331 e. The Bertz CT molecular complexity index is 253. The molecule has 3 N–H and O–H groups in total. The zero-order valence-electron chi connectivity index (χ0n) is 7.27. The predicted molar refractivity (Wildman–Crippen MR) is 47.7 cm³/mol. The van der Waals surface area contributed by atoms with E-state index in [1.807, 2.05) is 0 Å². The van der Waals surface area contributed by atoms with Gasteiger partial charge in [-0.05, 0) is 13.8 Å². The van der Waals surface area contributed by atoms with Crippen molar-refractivity contribution in [2.75, 3.05) is 0 Å². The number of rotatable bonds is 2. The molecule has 0 aromatic heterocycles. The fraction of sp³-hybridized carbons (Fsp3) is 0.714. The molecule has 1 fully saturated rings. The van der Waals surface area contributed by atoms with E-state index >= 15 is 0 Å². The standard InChI is InChI=1S/C7H11NO4S/c1-7(2)3(5(9)10)8-4(13-7)6(11)12/h3-4,8H,1-2H3,(H,9,10)(H,11,12)/t3-,4-/m0/s1. The van der Waals surface area contributed by atoms with Gasteiger partial charge in [0.15, 0.2) is 5.37 Å². The molecule has 0 saturated carbocycles. The number of hydrogen-bond donors (Lipinski definition) is 3. The maximum absolute atomic E-state index is 10.7. The predicted octanol–water partition coefficient (Wildman–Crippen LogP) is -0.0347. The van der Waals surface area contributed by atoms with Crippen molar-refractivity contribution in [3.05, 3.63) is 0 Å². The lowest BCUT2D eigenvalue weighted by atomic mass is 10.0. The van der Waals surface area contributed by atoms with Gasteiger partial charge in [0.05, 0.1) is 0 Å². The Morgan fingerprint density at radius 3 is 2.08 bits per heavy atom. The Balaban J connectivity index is 2.79. The summed E-state index contributed by atoms with van der Waals surface area (Å²) in [4.78, 5) is 21.3. The highest BCUT2D eigenvalue weighted by molar-refractivity contribution is 8.02. The quantitative estimate of drug-likeness (QED) is 0.586. The summed E-state index contributed by atoms with van der Waals surface area (Å²) in [6.07, 6.45) is 0. The van der Waals surface area contributed by atoms with E-state index in [0.29, 0.717) is 0 Å². The van der Waals surface area contributed by atoms with Crippen LogP contribution in [0.1, 0.15) is 13.8 Å². The fourth-order valence-electron chi connectivity index (χ4n) is 1.25. The second-order valence-corrected chi connectivity index (χ2v) is 5.14. The molecule has 1 saturated heterocycles. The number of nitrogens with one attached hydrogen (secondary N) is 1. The van der Waals surface area contributed by atoms with Crippen LogP contribution in [0.3, 0.4) is 0 Å². The van der Waals surface area contributed by atoms with E-state index in [2.05, 4.69) is 5.32 Å². The molecule has 1 aliphatic heterocycles. The van der Waals surface area contributed by atoms with Crippen LogP contribution in [0, 0.1) is 0 Å². The molecule has 0 radical (unpaired) electrons.